The van der Waals surface area contributed by atoms with Gasteiger partial charge in [-0.15, -0.1) is 0 Å². The number of rotatable bonds is 3. The molecule has 110 valence electrons. The van der Waals surface area contributed by atoms with E-state index in [1.54, 1.807) is 36.0 Å². The molecule has 0 aliphatic rings. The molecule has 3 aromatic rings. The van der Waals surface area contributed by atoms with Crippen LogP contribution >= 0.6 is 11.6 Å². The smallest absolute Gasteiger partial charge is 0.265 e. The highest BCUT2D eigenvalue weighted by atomic mass is 35.5. The van der Waals surface area contributed by atoms with Crippen LogP contribution in [-0.2, 0) is 17.1 Å². The molecule has 0 unspecified atom stereocenters. The molecule has 0 bridgehead atoms. The van der Waals surface area contributed by atoms with Crippen LogP contribution in [0.4, 0.5) is 5.82 Å². The predicted molar refractivity (Wildman–Crippen MR) is 82.1 cm³/mol. The summed E-state index contributed by atoms with van der Waals surface area (Å²) in [6.07, 6.45) is 1.44. The lowest BCUT2D eigenvalue weighted by molar-refractivity contribution is 0.601. The number of aryl methyl sites for hydroxylation is 2. The highest BCUT2D eigenvalue weighted by molar-refractivity contribution is 7.93. The first kappa shape index (κ1) is 14.0. The van der Waals surface area contributed by atoms with Crippen LogP contribution < -0.4 is 4.72 Å². The summed E-state index contributed by atoms with van der Waals surface area (Å²) in [7, 11) is -1.96. The third kappa shape index (κ3) is 2.50. The molecule has 0 spiro atoms. The van der Waals surface area contributed by atoms with E-state index in [4.69, 9.17) is 11.6 Å². The lowest BCUT2D eigenvalue weighted by Crippen LogP contribution is -2.13. The fraction of sp³-hybridized carbons (Fsp3) is 0.154. The maximum absolute atomic E-state index is 12.5. The van der Waals surface area contributed by atoms with Crippen LogP contribution in [0.1, 0.15) is 5.69 Å². The molecule has 1 aromatic carbocycles. The molecule has 2 N–H and O–H groups in total. The minimum atomic E-state index is -3.71. The topological polar surface area (TPSA) is 79.8 Å². The Hall–Kier alpha value is -1.99. The van der Waals surface area contributed by atoms with Gasteiger partial charge in [-0.2, -0.15) is 5.10 Å². The van der Waals surface area contributed by atoms with E-state index in [1.165, 1.54) is 6.20 Å². The van der Waals surface area contributed by atoms with Gasteiger partial charge in [0.15, 0.2) is 5.82 Å². The van der Waals surface area contributed by atoms with Crippen molar-refractivity contribution in [3.63, 3.8) is 0 Å². The Kier molecular flexibility index (Phi) is 3.18. The lowest BCUT2D eigenvalue weighted by Gasteiger charge is -2.04. The summed E-state index contributed by atoms with van der Waals surface area (Å²) >= 11 is 5.89. The molecule has 0 fully saturated rings. The van der Waals surface area contributed by atoms with Crippen LogP contribution in [0.5, 0.6) is 0 Å². The third-order valence-corrected chi connectivity index (χ3v) is 4.88. The predicted octanol–water partition coefficient (Wildman–Crippen LogP) is 2.66. The van der Waals surface area contributed by atoms with Crippen molar-refractivity contribution in [2.75, 3.05) is 4.72 Å². The highest BCUT2D eigenvalue weighted by Crippen LogP contribution is 2.26. The molecule has 0 atom stereocenters. The van der Waals surface area contributed by atoms with Gasteiger partial charge >= 0.3 is 0 Å². The minimum Gasteiger partial charge on any atom is -0.360 e. The van der Waals surface area contributed by atoms with Gasteiger partial charge in [-0.1, -0.05) is 11.6 Å². The number of aromatic amines is 1. The summed E-state index contributed by atoms with van der Waals surface area (Å²) in [5.41, 5.74) is 1.53. The number of aromatic nitrogens is 3. The number of halogens is 1. The second kappa shape index (κ2) is 4.78. The van der Waals surface area contributed by atoms with Crippen molar-refractivity contribution in [2.24, 2.45) is 7.05 Å². The zero-order valence-corrected chi connectivity index (χ0v) is 13.0. The number of H-pyrrole nitrogens is 1. The SMILES string of the molecule is Cc1cc(NS(=O)(=O)c2c[nH]c3cc(Cl)ccc23)nn1C. The van der Waals surface area contributed by atoms with Gasteiger partial charge < -0.3 is 4.98 Å². The molecule has 2 heterocycles. The molecule has 8 heteroatoms. The van der Waals surface area contributed by atoms with E-state index in [0.29, 0.717) is 21.7 Å². The Morgan fingerprint density at radius 2 is 2.10 bits per heavy atom. The number of hydrogen-bond acceptors (Lipinski definition) is 3. The van der Waals surface area contributed by atoms with Crippen molar-refractivity contribution in [1.29, 1.82) is 0 Å². The molecule has 0 amide bonds. The Morgan fingerprint density at radius 1 is 1.33 bits per heavy atom. The van der Waals surface area contributed by atoms with Crippen LogP contribution in [0, 0.1) is 6.92 Å². The first-order valence-electron chi connectivity index (χ1n) is 6.17. The molecule has 0 saturated carbocycles. The molecule has 6 nitrogen and oxygen atoms in total. The molecule has 0 aliphatic heterocycles. The van der Waals surface area contributed by atoms with E-state index in [2.05, 4.69) is 14.8 Å². The first-order chi connectivity index (χ1) is 9.87. The number of fused-ring (bicyclic) bond motifs is 1. The van der Waals surface area contributed by atoms with Crippen molar-refractivity contribution in [3.8, 4) is 0 Å². The molecule has 0 saturated heterocycles. The van der Waals surface area contributed by atoms with Gasteiger partial charge in [0.05, 0.1) is 0 Å². The normalized spacial score (nSPS) is 12.0. The number of anilines is 1. The van der Waals surface area contributed by atoms with E-state index >= 15 is 0 Å². The van der Waals surface area contributed by atoms with Gasteiger partial charge in [0.1, 0.15) is 4.90 Å². The Balaban J connectivity index is 2.04. The van der Waals surface area contributed by atoms with Crippen molar-refractivity contribution >= 4 is 38.3 Å². The summed E-state index contributed by atoms with van der Waals surface area (Å²) < 4.78 is 29.0. The van der Waals surface area contributed by atoms with Crippen LogP contribution in [0.3, 0.4) is 0 Å². The Morgan fingerprint density at radius 3 is 2.76 bits per heavy atom. The van der Waals surface area contributed by atoms with E-state index in [9.17, 15) is 8.42 Å². The number of benzene rings is 1. The molecule has 21 heavy (non-hydrogen) atoms. The molecular weight excluding hydrogens is 312 g/mol. The van der Waals surface area contributed by atoms with Crippen molar-refractivity contribution in [2.45, 2.75) is 11.8 Å². The lowest BCUT2D eigenvalue weighted by atomic mass is 10.2. The molecule has 3 rings (SSSR count). The standard InChI is InChI=1S/C13H13ClN4O2S/c1-8-5-13(16-18(8)2)17-21(19,20)12-7-15-11-6-9(14)3-4-10(11)12/h3-7,15H,1-2H3,(H,16,17). The summed E-state index contributed by atoms with van der Waals surface area (Å²) in [6, 6.07) is 6.68. The Labute approximate surface area is 126 Å². The van der Waals surface area contributed by atoms with Crippen LogP contribution in [0.2, 0.25) is 5.02 Å². The third-order valence-electron chi connectivity index (χ3n) is 3.25. The van der Waals surface area contributed by atoms with E-state index in [1.807, 2.05) is 6.92 Å². The summed E-state index contributed by atoms with van der Waals surface area (Å²) in [6.45, 7) is 1.85. The summed E-state index contributed by atoms with van der Waals surface area (Å²) in [5, 5.41) is 5.22. The summed E-state index contributed by atoms with van der Waals surface area (Å²) in [5.74, 6) is 0.290. The van der Waals surface area contributed by atoms with Crippen LogP contribution in [-0.4, -0.2) is 23.2 Å². The molecular formula is C13H13ClN4O2S. The Bertz CT molecular complexity index is 907. The fourth-order valence-electron chi connectivity index (χ4n) is 2.10. The fourth-order valence-corrected chi connectivity index (χ4v) is 3.44. The van der Waals surface area contributed by atoms with Crippen molar-refractivity contribution < 1.29 is 8.42 Å². The number of sulfonamides is 1. The van der Waals surface area contributed by atoms with Crippen molar-refractivity contribution in [3.05, 3.63) is 41.2 Å². The molecule has 0 aliphatic carbocycles. The highest BCUT2D eigenvalue weighted by Gasteiger charge is 2.20. The number of nitrogens with one attached hydrogen (secondary N) is 2. The second-order valence-electron chi connectivity index (χ2n) is 4.74. The molecule has 2 aromatic heterocycles. The quantitative estimate of drug-likeness (QED) is 0.777. The monoisotopic (exact) mass is 324 g/mol. The van der Waals surface area contributed by atoms with Gasteiger partial charge in [-0.3, -0.25) is 9.40 Å². The van der Waals surface area contributed by atoms with Gasteiger partial charge in [-0.05, 0) is 25.1 Å². The maximum Gasteiger partial charge on any atom is 0.265 e. The number of hydrogen-bond donors (Lipinski definition) is 2. The van der Waals surface area contributed by atoms with Crippen molar-refractivity contribution in [1.82, 2.24) is 14.8 Å². The van der Waals surface area contributed by atoms with Crippen LogP contribution in [0.15, 0.2) is 35.4 Å². The minimum absolute atomic E-state index is 0.164. The van der Waals surface area contributed by atoms with E-state index < -0.39 is 10.0 Å². The van der Waals surface area contributed by atoms with Gasteiger partial charge in [0.2, 0.25) is 0 Å². The first-order valence-corrected chi connectivity index (χ1v) is 8.03. The van der Waals surface area contributed by atoms with Gasteiger partial charge in [-0.25, -0.2) is 8.42 Å². The average molecular weight is 325 g/mol. The second-order valence-corrected chi connectivity index (χ2v) is 6.83. The average Bonchev–Trinajstić information content (AvgIpc) is 2.93. The summed E-state index contributed by atoms with van der Waals surface area (Å²) in [4.78, 5) is 3.07. The van der Waals surface area contributed by atoms with Crippen LogP contribution in [0.25, 0.3) is 10.9 Å². The van der Waals surface area contributed by atoms with Gasteiger partial charge in [0.25, 0.3) is 10.0 Å². The van der Waals surface area contributed by atoms with Gasteiger partial charge in [0, 0.05) is 40.9 Å². The number of nitrogens with zero attached hydrogens (tertiary/aromatic N) is 2. The zero-order chi connectivity index (χ0) is 15.2. The van der Waals surface area contributed by atoms with E-state index in [-0.39, 0.29) is 4.90 Å². The maximum atomic E-state index is 12.5. The zero-order valence-electron chi connectivity index (χ0n) is 11.4. The van der Waals surface area contributed by atoms with E-state index in [0.717, 1.165) is 5.69 Å². The largest absolute Gasteiger partial charge is 0.360 e. The molecule has 0 radical (unpaired) electrons.